The molecule has 9 heteroatoms. The van der Waals surface area contributed by atoms with Crippen LogP contribution in [-0.2, 0) is 19.1 Å². The molecular formula is C21H26F3IN4O. The highest BCUT2D eigenvalue weighted by Gasteiger charge is 2.29. The summed E-state index contributed by atoms with van der Waals surface area (Å²) in [6, 6.07) is 12.4. The van der Waals surface area contributed by atoms with Gasteiger partial charge in [0.25, 0.3) is 5.91 Å². The van der Waals surface area contributed by atoms with Gasteiger partial charge >= 0.3 is 6.18 Å². The molecule has 3 N–H and O–H groups in total. The number of carbonyl (C=O) groups is 1. The molecule has 1 amide bonds. The Bertz CT molecular complexity index is 839. The van der Waals surface area contributed by atoms with Crippen LogP contribution in [0.25, 0.3) is 0 Å². The first-order valence-electron chi connectivity index (χ1n) is 9.32. The van der Waals surface area contributed by atoms with Crippen molar-refractivity contribution in [2.24, 2.45) is 4.99 Å². The molecule has 0 fully saturated rings. The first kappa shape index (κ1) is 25.7. The summed E-state index contributed by atoms with van der Waals surface area (Å²) < 4.78 is 37.9. The van der Waals surface area contributed by atoms with Gasteiger partial charge < -0.3 is 16.0 Å². The Hall–Kier alpha value is -2.30. The van der Waals surface area contributed by atoms with Crippen LogP contribution in [0.3, 0.4) is 0 Å². The summed E-state index contributed by atoms with van der Waals surface area (Å²) in [6.45, 7) is 3.45. The van der Waals surface area contributed by atoms with Gasteiger partial charge in [-0.3, -0.25) is 4.79 Å². The van der Waals surface area contributed by atoms with Crippen LogP contribution in [0.1, 0.15) is 34.0 Å². The number of benzene rings is 2. The Balaban J connectivity index is 0.00000450. The average molecular weight is 534 g/mol. The van der Waals surface area contributed by atoms with Crippen molar-refractivity contribution in [3.63, 3.8) is 0 Å². The van der Waals surface area contributed by atoms with E-state index in [9.17, 15) is 18.0 Å². The van der Waals surface area contributed by atoms with Crippen LogP contribution in [0.2, 0.25) is 0 Å². The fourth-order valence-electron chi connectivity index (χ4n) is 2.65. The van der Waals surface area contributed by atoms with Gasteiger partial charge in [0.1, 0.15) is 0 Å². The zero-order valence-corrected chi connectivity index (χ0v) is 19.2. The highest BCUT2D eigenvalue weighted by molar-refractivity contribution is 14.0. The smallest absolute Gasteiger partial charge is 0.357 e. The van der Waals surface area contributed by atoms with Crippen molar-refractivity contribution >= 4 is 35.8 Å². The molecule has 0 aromatic heterocycles. The van der Waals surface area contributed by atoms with Crippen LogP contribution in [0.15, 0.2) is 53.5 Å². The maximum Gasteiger partial charge on any atom is 0.416 e. The third-order valence-corrected chi connectivity index (χ3v) is 4.17. The summed E-state index contributed by atoms with van der Waals surface area (Å²) in [5.74, 6) is 0.445. The molecule has 0 bridgehead atoms. The molecular weight excluding hydrogens is 508 g/mol. The molecule has 0 saturated carbocycles. The molecule has 2 aromatic carbocycles. The summed E-state index contributed by atoms with van der Waals surface area (Å²) in [5.41, 5.74) is 1.63. The maximum absolute atomic E-state index is 12.6. The number of aliphatic imine (C=N–C) groups is 1. The Morgan fingerprint density at radius 1 is 1.03 bits per heavy atom. The topological polar surface area (TPSA) is 65.5 Å². The van der Waals surface area contributed by atoms with Gasteiger partial charge in [-0.25, -0.2) is 4.99 Å². The van der Waals surface area contributed by atoms with Crippen LogP contribution >= 0.6 is 24.0 Å². The number of rotatable bonds is 7. The van der Waals surface area contributed by atoms with E-state index in [0.717, 1.165) is 17.7 Å². The summed E-state index contributed by atoms with van der Waals surface area (Å²) >= 11 is 0. The number of halogens is 4. The Labute approximate surface area is 191 Å². The number of nitrogens with zero attached hydrogens (tertiary/aromatic N) is 1. The van der Waals surface area contributed by atoms with Crippen LogP contribution in [-0.4, -0.2) is 32.0 Å². The molecule has 2 rings (SSSR count). The lowest BCUT2D eigenvalue weighted by molar-refractivity contribution is -0.137. The molecule has 0 aliphatic heterocycles. The number of guanidine groups is 1. The molecule has 0 spiro atoms. The van der Waals surface area contributed by atoms with Crippen molar-refractivity contribution in [1.82, 2.24) is 16.0 Å². The molecule has 0 unspecified atom stereocenters. The fourth-order valence-corrected chi connectivity index (χ4v) is 2.65. The Kier molecular flexibility index (Phi) is 10.6. The molecule has 0 aliphatic rings. The summed E-state index contributed by atoms with van der Waals surface area (Å²) in [7, 11) is 1.59. The minimum atomic E-state index is -4.34. The highest BCUT2D eigenvalue weighted by atomic mass is 127. The van der Waals surface area contributed by atoms with Gasteiger partial charge in [-0.1, -0.05) is 24.3 Å². The average Bonchev–Trinajstić information content (AvgIpc) is 2.71. The third-order valence-electron chi connectivity index (χ3n) is 4.17. The minimum Gasteiger partial charge on any atom is -0.357 e. The summed E-state index contributed by atoms with van der Waals surface area (Å²) in [6.07, 6.45) is -3.65. The third kappa shape index (κ3) is 8.21. The van der Waals surface area contributed by atoms with E-state index in [2.05, 4.69) is 20.9 Å². The number of nitrogens with one attached hydrogen (secondary N) is 3. The summed E-state index contributed by atoms with van der Waals surface area (Å²) in [4.78, 5) is 16.1. The Morgan fingerprint density at radius 2 is 1.73 bits per heavy atom. The highest BCUT2D eigenvalue weighted by Crippen LogP contribution is 2.29. The number of amides is 1. The zero-order valence-electron chi connectivity index (χ0n) is 16.8. The molecule has 164 valence electrons. The molecule has 2 aromatic rings. The van der Waals surface area contributed by atoms with E-state index in [1.165, 1.54) is 12.1 Å². The lowest BCUT2D eigenvalue weighted by Gasteiger charge is -2.12. The van der Waals surface area contributed by atoms with Crippen LogP contribution in [0.5, 0.6) is 0 Å². The maximum atomic E-state index is 12.6. The van der Waals surface area contributed by atoms with Crippen molar-refractivity contribution in [2.45, 2.75) is 26.1 Å². The molecule has 0 saturated heterocycles. The van der Waals surface area contributed by atoms with Crippen molar-refractivity contribution in [3.05, 3.63) is 70.8 Å². The molecule has 30 heavy (non-hydrogen) atoms. The van der Waals surface area contributed by atoms with Gasteiger partial charge in [0.15, 0.2) is 5.96 Å². The predicted molar refractivity (Wildman–Crippen MR) is 123 cm³/mol. The largest absolute Gasteiger partial charge is 0.416 e. The van der Waals surface area contributed by atoms with E-state index in [0.29, 0.717) is 36.6 Å². The number of hydrogen-bond acceptors (Lipinski definition) is 2. The molecule has 0 aliphatic carbocycles. The van der Waals surface area contributed by atoms with Gasteiger partial charge in [0, 0.05) is 25.7 Å². The van der Waals surface area contributed by atoms with E-state index in [1.807, 2.05) is 25.1 Å². The SMILES string of the molecule is CCNC(=NCc1ccc(C(F)(F)F)cc1)NCCc1cccc(C(=O)NC)c1.I. The van der Waals surface area contributed by atoms with Crippen molar-refractivity contribution < 1.29 is 18.0 Å². The van der Waals surface area contributed by atoms with Crippen LogP contribution < -0.4 is 16.0 Å². The fraction of sp³-hybridized carbons (Fsp3) is 0.333. The van der Waals surface area contributed by atoms with Gasteiger partial charge in [-0.2, -0.15) is 13.2 Å². The van der Waals surface area contributed by atoms with E-state index < -0.39 is 11.7 Å². The normalized spacial score (nSPS) is 11.4. The van der Waals surface area contributed by atoms with Gasteiger partial charge in [-0.15, -0.1) is 24.0 Å². The van der Waals surface area contributed by atoms with Crippen LogP contribution in [0, 0.1) is 0 Å². The quantitative estimate of drug-likeness (QED) is 0.286. The second-order valence-electron chi connectivity index (χ2n) is 6.35. The molecule has 0 atom stereocenters. The van der Waals surface area contributed by atoms with E-state index in [4.69, 9.17) is 0 Å². The standard InChI is InChI=1S/C21H25F3N4O.HI/c1-3-26-20(28-14-16-7-9-18(10-8-16)21(22,23)24)27-12-11-15-5-4-6-17(13-15)19(29)25-2;/h4-10,13H,3,11-12,14H2,1-2H3,(H,25,29)(H2,26,27,28);1H. The molecule has 5 nitrogen and oxygen atoms in total. The molecule has 0 radical (unpaired) electrons. The zero-order chi connectivity index (χ0) is 21.3. The monoisotopic (exact) mass is 534 g/mol. The van der Waals surface area contributed by atoms with E-state index in [-0.39, 0.29) is 36.4 Å². The van der Waals surface area contributed by atoms with Gasteiger partial charge in [0.05, 0.1) is 12.1 Å². The lowest BCUT2D eigenvalue weighted by atomic mass is 10.1. The first-order valence-corrected chi connectivity index (χ1v) is 9.32. The van der Waals surface area contributed by atoms with Gasteiger partial charge in [-0.05, 0) is 48.7 Å². The van der Waals surface area contributed by atoms with Crippen LogP contribution in [0.4, 0.5) is 13.2 Å². The molecule has 0 heterocycles. The second-order valence-corrected chi connectivity index (χ2v) is 6.35. The predicted octanol–water partition coefficient (Wildman–Crippen LogP) is 3.98. The lowest BCUT2D eigenvalue weighted by Crippen LogP contribution is -2.38. The number of alkyl halides is 3. The van der Waals surface area contributed by atoms with E-state index in [1.54, 1.807) is 13.1 Å². The number of carbonyl (C=O) groups excluding carboxylic acids is 1. The minimum absolute atomic E-state index is 0. The Morgan fingerprint density at radius 3 is 2.33 bits per heavy atom. The van der Waals surface area contributed by atoms with Crippen molar-refractivity contribution in [3.8, 4) is 0 Å². The first-order chi connectivity index (χ1) is 13.8. The number of hydrogen-bond donors (Lipinski definition) is 3. The van der Waals surface area contributed by atoms with Crippen molar-refractivity contribution in [1.29, 1.82) is 0 Å². The second kappa shape index (κ2) is 12.4. The van der Waals surface area contributed by atoms with Crippen molar-refractivity contribution in [2.75, 3.05) is 20.1 Å². The van der Waals surface area contributed by atoms with Gasteiger partial charge in [0.2, 0.25) is 0 Å². The summed E-state index contributed by atoms with van der Waals surface area (Å²) in [5, 5.41) is 8.90. The van der Waals surface area contributed by atoms with E-state index >= 15 is 0 Å².